The van der Waals surface area contributed by atoms with E-state index < -0.39 is 0 Å². The highest BCUT2D eigenvalue weighted by Gasteiger charge is 2.10. The van der Waals surface area contributed by atoms with Crippen LogP contribution in [0.4, 0.5) is 5.82 Å². The molecule has 5 nitrogen and oxygen atoms in total. The van der Waals surface area contributed by atoms with Crippen LogP contribution >= 0.6 is 23.2 Å². The van der Waals surface area contributed by atoms with Crippen molar-refractivity contribution < 1.29 is 9.53 Å². The number of aromatic nitrogens is 2. The molecule has 0 fully saturated rings. The minimum atomic E-state index is -0.339. The number of nitrogens with one attached hydrogen (secondary N) is 1. The molecule has 0 bridgehead atoms. The largest absolute Gasteiger partial charge is 0.496 e. The summed E-state index contributed by atoms with van der Waals surface area (Å²) >= 11 is 11.4. The Balaban J connectivity index is 2.23. The van der Waals surface area contributed by atoms with Crippen molar-refractivity contribution in [3.63, 3.8) is 0 Å². The molecule has 20 heavy (non-hydrogen) atoms. The predicted molar refractivity (Wildman–Crippen MR) is 77.7 cm³/mol. The third-order valence-corrected chi connectivity index (χ3v) is 2.94. The molecule has 0 unspecified atom stereocenters. The Kier molecular flexibility index (Phi) is 4.42. The predicted octanol–water partition coefficient (Wildman–Crippen LogP) is 3.35. The lowest BCUT2D eigenvalue weighted by Gasteiger charge is -2.08. The molecule has 0 saturated heterocycles. The number of methoxy groups -OCH3 is 1. The molecule has 0 aliphatic rings. The van der Waals surface area contributed by atoms with Gasteiger partial charge < -0.3 is 10.1 Å². The molecule has 1 aromatic heterocycles. The van der Waals surface area contributed by atoms with E-state index in [-0.39, 0.29) is 22.2 Å². The third kappa shape index (κ3) is 3.37. The van der Waals surface area contributed by atoms with Gasteiger partial charge in [0.25, 0.3) is 5.91 Å². The van der Waals surface area contributed by atoms with E-state index in [2.05, 4.69) is 15.3 Å². The van der Waals surface area contributed by atoms with E-state index in [0.29, 0.717) is 11.3 Å². The Hall–Kier alpha value is -1.85. The number of rotatable bonds is 3. The average Bonchev–Trinajstić information content (AvgIpc) is 2.37. The van der Waals surface area contributed by atoms with Crippen LogP contribution in [0.5, 0.6) is 5.75 Å². The lowest BCUT2D eigenvalue weighted by molar-refractivity contribution is 0.102. The molecule has 1 heterocycles. The van der Waals surface area contributed by atoms with E-state index in [1.807, 2.05) is 6.92 Å². The van der Waals surface area contributed by atoms with Crippen LogP contribution in [0, 0.1) is 6.92 Å². The van der Waals surface area contributed by atoms with E-state index in [1.165, 1.54) is 6.07 Å². The van der Waals surface area contributed by atoms with E-state index in [0.717, 1.165) is 5.56 Å². The molecule has 0 aliphatic heterocycles. The van der Waals surface area contributed by atoms with Crippen molar-refractivity contribution in [2.75, 3.05) is 12.4 Å². The number of benzene rings is 1. The first-order valence-corrected chi connectivity index (χ1v) is 6.41. The number of nitrogens with zero attached hydrogens (tertiary/aromatic N) is 2. The van der Waals surface area contributed by atoms with Gasteiger partial charge in [-0.2, -0.15) is 0 Å². The lowest BCUT2D eigenvalue weighted by atomic mass is 10.1. The van der Waals surface area contributed by atoms with Gasteiger partial charge in [0, 0.05) is 11.6 Å². The number of aryl methyl sites for hydroxylation is 1. The van der Waals surface area contributed by atoms with Crippen LogP contribution in [0.15, 0.2) is 24.3 Å². The average molecular weight is 312 g/mol. The van der Waals surface area contributed by atoms with Crippen molar-refractivity contribution in [2.24, 2.45) is 0 Å². The first-order valence-electron chi connectivity index (χ1n) is 5.65. The van der Waals surface area contributed by atoms with E-state index in [1.54, 1.807) is 25.3 Å². The fraction of sp³-hybridized carbons (Fsp3) is 0.154. The van der Waals surface area contributed by atoms with Crippen LogP contribution in [0.2, 0.25) is 10.4 Å². The van der Waals surface area contributed by atoms with E-state index in [9.17, 15) is 4.79 Å². The maximum Gasteiger partial charge on any atom is 0.256 e. The summed E-state index contributed by atoms with van der Waals surface area (Å²) in [5, 5.41) is 2.72. The molecule has 0 aliphatic carbocycles. The zero-order valence-electron chi connectivity index (χ0n) is 10.8. The summed E-state index contributed by atoms with van der Waals surface area (Å²) in [6, 6.07) is 6.55. The Morgan fingerprint density at radius 1 is 1.25 bits per heavy atom. The number of anilines is 1. The topological polar surface area (TPSA) is 64.1 Å². The fourth-order valence-electron chi connectivity index (χ4n) is 1.60. The number of hydrogen-bond donors (Lipinski definition) is 1. The van der Waals surface area contributed by atoms with Gasteiger partial charge in [0.1, 0.15) is 16.7 Å². The van der Waals surface area contributed by atoms with Crippen LogP contribution in [0.25, 0.3) is 0 Å². The Labute approximate surface area is 125 Å². The summed E-state index contributed by atoms with van der Waals surface area (Å²) in [5.41, 5.74) is 1.38. The second-order valence-electron chi connectivity index (χ2n) is 3.98. The van der Waals surface area contributed by atoms with Crippen molar-refractivity contribution in [3.05, 3.63) is 45.8 Å². The molecule has 0 saturated carbocycles. The summed E-state index contributed by atoms with van der Waals surface area (Å²) < 4.78 is 5.18. The molecule has 0 spiro atoms. The van der Waals surface area contributed by atoms with Gasteiger partial charge in [-0.05, 0) is 36.2 Å². The van der Waals surface area contributed by atoms with Gasteiger partial charge in [0.2, 0.25) is 5.28 Å². The summed E-state index contributed by atoms with van der Waals surface area (Å²) in [6.07, 6.45) is 0. The Morgan fingerprint density at radius 3 is 2.65 bits per heavy atom. The molecule has 1 amide bonds. The van der Waals surface area contributed by atoms with Gasteiger partial charge in [-0.25, -0.2) is 9.97 Å². The normalized spacial score (nSPS) is 10.2. The second kappa shape index (κ2) is 6.07. The smallest absolute Gasteiger partial charge is 0.256 e. The van der Waals surface area contributed by atoms with Gasteiger partial charge in [0.05, 0.1) is 7.11 Å². The lowest BCUT2D eigenvalue weighted by Crippen LogP contribution is -2.13. The Morgan fingerprint density at radius 2 is 2.00 bits per heavy atom. The van der Waals surface area contributed by atoms with Crippen LogP contribution in [0.1, 0.15) is 15.9 Å². The van der Waals surface area contributed by atoms with Crippen LogP contribution in [0.3, 0.4) is 0 Å². The van der Waals surface area contributed by atoms with Gasteiger partial charge in [0.15, 0.2) is 0 Å². The molecule has 1 N–H and O–H groups in total. The number of amides is 1. The quantitative estimate of drug-likeness (QED) is 0.697. The molecule has 2 aromatic rings. The van der Waals surface area contributed by atoms with E-state index in [4.69, 9.17) is 27.9 Å². The first kappa shape index (κ1) is 14.6. The maximum atomic E-state index is 12.1. The fourth-order valence-corrected chi connectivity index (χ4v) is 2.01. The van der Waals surface area contributed by atoms with Gasteiger partial charge >= 0.3 is 0 Å². The van der Waals surface area contributed by atoms with Crippen LogP contribution < -0.4 is 10.1 Å². The molecule has 104 valence electrons. The number of halogens is 2. The van der Waals surface area contributed by atoms with Crippen LogP contribution in [-0.4, -0.2) is 23.0 Å². The molecule has 0 radical (unpaired) electrons. The molecular weight excluding hydrogens is 301 g/mol. The second-order valence-corrected chi connectivity index (χ2v) is 4.71. The van der Waals surface area contributed by atoms with Crippen molar-refractivity contribution in [2.45, 2.75) is 6.92 Å². The minimum absolute atomic E-state index is 0.0331. The number of carbonyl (C=O) groups excluding carboxylic acids is 1. The highest BCUT2D eigenvalue weighted by molar-refractivity contribution is 6.32. The Bertz CT molecular complexity index is 642. The maximum absolute atomic E-state index is 12.1. The summed E-state index contributed by atoms with van der Waals surface area (Å²) in [5.74, 6) is 0.532. The van der Waals surface area contributed by atoms with Gasteiger partial charge in [-0.15, -0.1) is 0 Å². The SMILES string of the molecule is COc1cc(C(=O)Nc2cc(Cl)nc(Cl)n2)ccc1C. The molecule has 7 heteroatoms. The van der Waals surface area contributed by atoms with Gasteiger partial charge in [-0.1, -0.05) is 17.7 Å². The third-order valence-electron chi connectivity index (χ3n) is 2.58. The first-order chi connectivity index (χ1) is 9.49. The van der Waals surface area contributed by atoms with Crippen molar-refractivity contribution in [1.82, 2.24) is 9.97 Å². The summed E-state index contributed by atoms with van der Waals surface area (Å²) in [6.45, 7) is 1.89. The highest BCUT2D eigenvalue weighted by Crippen LogP contribution is 2.20. The summed E-state index contributed by atoms with van der Waals surface area (Å²) in [7, 11) is 1.55. The van der Waals surface area contributed by atoms with Crippen molar-refractivity contribution in [1.29, 1.82) is 0 Å². The zero-order chi connectivity index (χ0) is 14.7. The molecule has 2 rings (SSSR count). The molecular formula is C13H11Cl2N3O2. The summed E-state index contributed by atoms with van der Waals surface area (Å²) in [4.78, 5) is 19.7. The van der Waals surface area contributed by atoms with Crippen molar-refractivity contribution >= 4 is 34.9 Å². The number of ether oxygens (including phenoxy) is 1. The standard InChI is InChI=1S/C13H11Cl2N3O2/c1-7-3-4-8(5-9(7)20-2)12(19)17-11-6-10(14)16-13(15)18-11/h3-6H,1-2H3,(H,16,17,18,19). The zero-order valence-corrected chi connectivity index (χ0v) is 12.3. The minimum Gasteiger partial charge on any atom is -0.496 e. The molecule has 0 atom stereocenters. The number of hydrogen-bond acceptors (Lipinski definition) is 4. The highest BCUT2D eigenvalue weighted by atomic mass is 35.5. The van der Waals surface area contributed by atoms with Crippen molar-refractivity contribution in [3.8, 4) is 5.75 Å². The van der Waals surface area contributed by atoms with Crippen LogP contribution in [-0.2, 0) is 0 Å². The molecule has 1 aromatic carbocycles. The van der Waals surface area contributed by atoms with Gasteiger partial charge in [-0.3, -0.25) is 4.79 Å². The monoisotopic (exact) mass is 311 g/mol. The van der Waals surface area contributed by atoms with E-state index >= 15 is 0 Å². The number of carbonyl (C=O) groups is 1.